The highest BCUT2D eigenvalue weighted by Crippen LogP contribution is 2.40. The Morgan fingerprint density at radius 3 is 2.82 bits per heavy atom. The molecule has 1 N–H and O–H groups in total. The summed E-state index contributed by atoms with van der Waals surface area (Å²) in [5.41, 5.74) is -3.57. The van der Waals surface area contributed by atoms with Crippen LogP contribution in [0, 0.1) is 6.92 Å². The Hall–Kier alpha value is -2.03. The number of rotatable bonds is 5. The number of halogens is 3. The molecule has 9 heteroatoms. The standard InChI is InChI=1S/C13H13F3N4OS/c1-9-2-3-10(11(6-9)22-13(14,15)16)19-12(21)4-5-20-8-17-7-18-20/h2-3,6-8H,4-5H2,1H3,(H,19,21). The smallest absolute Gasteiger partial charge is 0.325 e. The molecule has 5 nitrogen and oxygen atoms in total. The molecule has 0 saturated carbocycles. The first kappa shape index (κ1) is 16.3. The van der Waals surface area contributed by atoms with Crippen molar-refractivity contribution in [2.75, 3.05) is 5.32 Å². The average Bonchev–Trinajstić information content (AvgIpc) is 2.91. The van der Waals surface area contributed by atoms with E-state index in [9.17, 15) is 18.0 Å². The predicted molar refractivity (Wildman–Crippen MR) is 76.4 cm³/mol. The van der Waals surface area contributed by atoms with Crippen LogP contribution in [-0.4, -0.2) is 26.2 Å². The Morgan fingerprint density at radius 1 is 1.41 bits per heavy atom. The van der Waals surface area contributed by atoms with Gasteiger partial charge in [0.15, 0.2) is 0 Å². The minimum atomic E-state index is -4.41. The van der Waals surface area contributed by atoms with Crippen molar-refractivity contribution in [1.29, 1.82) is 0 Å². The van der Waals surface area contributed by atoms with E-state index in [1.165, 1.54) is 29.5 Å². The van der Waals surface area contributed by atoms with Gasteiger partial charge in [0.2, 0.25) is 5.91 Å². The number of alkyl halides is 3. The lowest BCUT2D eigenvalue weighted by Crippen LogP contribution is -2.15. The summed E-state index contributed by atoms with van der Waals surface area (Å²) in [6, 6.07) is 4.51. The summed E-state index contributed by atoms with van der Waals surface area (Å²) in [6.45, 7) is 2.00. The van der Waals surface area contributed by atoms with E-state index in [1.807, 2.05) is 0 Å². The van der Waals surface area contributed by atoms with E-state index in [2.05, 4.69) is 15.4 Å². The molecule has 1 amide bonds. The molecule has 0 atom stereocenters. The second kappa shape index (κ2) is 6.82. The molecule has 1 aromatic heterocycles. The third kappa shape index (κ3) is 5.06. The number of benzene rings is 1. The van der Waals surface area contributed by atoms with E-state index in [0.717, 1.165) is 0 Å². The van der Waals surface area contributed by atoms with Gasteiger partial charge in [0, 0.05) is 11.3 Å². The van der Waals surface area contributed by atoms with Gasteiger partial charge in [0.05, 0.1) is 12.2 Å². The molecular weight excluding hydrogens is 317 g/mol. The fourth-order valence-electron chi connectivity index (χ4n) is 1.72. The van der Waals surface area contributed by atoms with Crippen molar-refractivity contribution in [2.45, 2.75) is 30.3 Å². The van der Waals surface area contributed by atoms with Crippen LogP contribution in [0.2, 0.25) is 0 Å². The second-order valence-electron chi connectivity index (χ2n) is 4.50. The lowest BCUT2D eigenvalue weighted by molar-refractivity contribution is -0.116. The Morgan fingerprint density at radius 2 is 2.18 bits per heavy atom. The van der Waals surface area contributed by atoms with Crippen molar-refractivity contribution in [3.8, 4) is 0 Å². The maximum Gasteiger partial charge on any atom is 0.446 e. The minimum absolute atomic E-state index is 0.0263. The molecule has 0 aliphatic carbocycles. The fraction of sp³-hybridized carbons (Fsp3) is 0.308. The predicted octanol–water partition coefficient (Wildman–Crippen LogP) is 3.23. The fourth-order valence-corrected chi connectivity index (χ4v) is 2.44. The molecule has 2 rings (SSSR count). The Kier molecular flexibility index (Phi) is 5.07. The number of carbonyl (C=O) groups is 1. The first-order valence-corrected chi connectivity index (χ1v) is 7.14. The average molecular weight is 330 g/mol. The Balaban J connectivity index is 2.03. The van der Waals surface area contributed by atoms with E-state index in [-0.39, 0.29) is 34.7 Å². The van der Waals surface area contributed by atoms with Crippen LogP contribution in [0.3, 0.4) is 0 Å². The highest BCUT2D eigenvalue weighted by molar-refractivity contribution is 8.00. The first-order chi connectivity index (χ1) is 10.3. The molecule has 0 saturated heterocycles. The van der Waals surface area contributed by atoms with Crippen molar-refractivity contribution in [2.24, 2.45) is 0 Å². The molecule has 1 aromatic carbocycles. The van der Waals surface area contributed by atoms with E-state index < -0.39 is 5.51 Å². The van der Waals surface area contributed by atoms with E-state index in [4.69, 9.17) is 0 Å². The zero-order valence-corrected chi connectivity index (χ0v) is 12.4. The minimum Gasteiger partial charge on any atom is -0.325 e. The van der Waals surface area contributed by atoms with Crippen molar-refractivity contribution >= 4 is 23.4 Å². The zero-order chi connectivity index (χ0) is 16.2. The number of thioether (sulfide) groups is 1. The van der Waals surface area contributed by atoms with E-state index in [1.54, 1.807) is 13.0 Å². The summed E-state index contributed by atoms with van der Waals surface area (Å²) >= 11 is -0.243. The maximum absolute atomic E-state index is 12.6. The molecule has 22 heavy (non-hydrogen) atoms. The van der Waals surface area contributed by atoms with Gasteiger partial charge < -0.3 is 5.32 Å². The molecule has 118 valence electrons. The summed E-state index contributed by atoms with van der Waals surface area (Å²) in [6.07, 6.45) is 2.90. The van der Waals surface area contributed by atoms with Crippen molar-refractivity contribution in [3.05, 3.63) is 36.4 Å². The third-order valence-electron chi connectivity index (χ3n) is 2.67. The van der Waals surface area contributed by atoms with Crippen molar-refractivity contribution < 1.29 is 18.0 Å². The number of hydrogen-bond acceptors (Lipinski definition) is 4. The Labute approximate surface area is 128 Å². The van der Waals surface area contributed by atoms with Gasteiger partial charge in [-0.05, 0) is 36.4 Å². The molecule has 0 bridgehead atoms. The second-order valence-corrected chi connectivity index (χ2v) is 5.61. The quantitative estimate of drug-likeness (QED) is 0.855. The SMILES string of the molecule is Cc1ccc(NC(=O)CCn2cncn2)c(SC(F)(F)F)c1. The highest BCUT2D eigenvalue weighted by atomic mass is 32.2. The van der Waals surface area contributed by atoms with Crippen LogP contribution in [-0.2, 0) is 11.3 Å². The highest BCUT2D eigenvalue weighted by Gasteiger charge is 2.30. The topological polar surface area (TPSA) is 59.8 Å². The summed E-state index contributed by atoms with van der Waals surface area (Å²) in [7, 11) is 0. The van der Waals surface area contributed by atoms with Gasteiger partial charge in [-0.25, -0.2) is 4.98 Å². The van der Waals surface area contributed by atoms with Crippen LogP contribution in [0.25, 0.3) is 0 Å². The normalized spacial score (nSPS) is 11.5. The maximum atomic E-state index is 12.6. The van der Waals surface area contributed by atoms with E-state index in [0.29, 0.717) is 12.1 Å². The first-order valence-electron chi connectivity index (χ1n) is 6.32. The molecule has 1 heterocycles. The molecule has 0 fully saturated rings. The number of aryl methyl sites for hydroxylation is 2. The molecule has 0 spiro atoms. The molecule has 0 aliphatic heterocycles. The van der Waals surface area contributed by atoms with Gasteiger partial charge in [-0.1, -0.05) is 6.07 Å². The van der Waals surface area contributed by atoms with Gasteiger partial charge in [-0.2, -0.15) is 18.3 Å². The summed E-state index contributed by atoms with van der Waals surface area (Å²) in [4.78, 5) is 15.6. The largest absolute Gasteiger partial charge is 0.446 e. The van der Waals surface area contributed by atoms with Crippen molar-refractivity contribution in [1.82, 2.24) is 14.8 Å². The van der Waals surface area contributed by atoms with Gasteiger partial charge in [-0.15, -0.1) is 0 Å². The summed E-state index contributed by atoms with van der Waals surface area (Å²) in [5.74, 6) is -0.386. The number of amides is 1. The summed E-state index contributed by atoms with van der Waals surface area (Å²) in [5, 5.41) is 6.35. The molecule has 0 unspecified atom stereocenters. The van der Waals surface area contributed by atoms with Crippen LogP contribution in [0.4, 0.5) is 18.9 Å². The number of hydrogen-bond donors (Lipinski definition) is 1. The third-order valence-corrected chi connectivity index (χ3v) is 3.46. The number of aromatic nitrogens is 3. The number of carbonyl (C=O) groups excluding carboxylic acids is 1. The number of anilines is 1. The molecule has 0 aliphatic rings. The van der Waals surface area contributed by atoms with Crippen LogP contribution in [0.5, 0.6) is 0 Å². The summed E-state index contributed by atoms with van der Waals surface area (Å²) < 4.78 is 39.1. The van der Waals surface area contributed by atoms with Crippen LogP contribution < -0.4 is 5.32 Å². The van der Waals surface area contributed by atoms with Crippen LogP contribution in [0.1, 0.15) is 12.0 Å². The van der Waals surface area contributed by atoms with Gasteiger partial charge >= 0.3 is 5.51 Å². The molecular formula is C13H13F3N4OS. The number of nitrogens with one attached hydrogen (secondary N) is 1. The monoisotopic (exact) mass is 330 g/mol. The van der Waals surface area contributed by atoms with Crippen LogP contribution in [0.15, 0.2) is 35.7 Å². The van der Waals surface area contributed by atoms with Crippen LogP contribution >= 0.6 is 11.8 Å². The van der Waals surface area contributed by atoms with Gasteiger partial charge in [0.1, 0.15) is 12.7 Å². The zero-order valence-electron chi connectivity index (χ0n) is 11.6. The lowest BCUT2D eigenvalue weighted by atomic mass is 10.2. The molecule has 0 radical (unpaired) electrons. The Bertz CT molecular complexity index is 643. The number of nitrogens with zero attached hydrogens (tertiary/aromatic N) is 3. The van der Waals surface area contributed by atoms with Gasteiger partial charge in [0.25, 0.3) is 0 Å². The van der Waals surface area contributed by atoms with E-state index >= 15 is 0 Å². The lowest BCUT2D eigenvalue weighted by Gasteiger charge is -2.13. The van der Waals surface area contributed by atoms with Gasteiger partial charge in [-0.3, -0.25) is 9.48 Å². The molecule has 2 aromatic rings. The van der Waals surface area contributed by atoms with Crippen molar-refractivity contribution in [3.63, 3.8) is 0 Å².